The lowest BCUT2D eigenvalue weighted by Crippen LogP contribution is -2.26. The number of nitrogens with one attached hydrogen (secondary N) is 1. The minimum absolute atomic E-state index is 0.0157. The largest absolute Gasteiger partial charge is 0.356 e. The van der Waals surface area contributed by atoms with Crippen LogP contribution < -0.4 is 5.32 Å². The zero-order valence-electron chi connectivity index (χ0n) is 13.0. The van der Waals surface area contributed by atoms with E-state index in [4.69, 9.17) is 23.2 Å². The molecule has 4 nitrogen and oxygen atoms in total. The predicted octanol–water partition coefficient (Wildman–Crippen LogP) is 3.93. The number of amides is 1. The third-order valence-corrected chi connectivity index (χ3v) is 4.55. The molecule has 2 aromatic heterocycles. The first-order valence-corrected chi connectivity index (χ1v) is 8.50. The van der Waals surface area contributed by atoms with Crippen LogP contribution in [0, 0.1) is 0 Å². The van der Waals surface area contributed by atoms with Gasteiger partial charge in [-0.25, -0.2) is 4.98 Å². The van der Waals surface area contributed by atoms with Crippen molar-refractivity contribution in [1.82, 2.24) is 14.7 Å². The maximum absolute atomic E-state index is 12.0. The number of aromatic nitrogens is 2. The highest BCUT2D eigenvalue weighted by atomic mass is 35.5. The molecule has 0 aliphatic carbocycles. The van der Waals surface area contributed by atoms with Gasteiger partial charge in [0, 0.05) is 25.6 Å². The van der Waals surface area contributed by atoms with E-state index in [-0.39, 0.29) is 5.91 Å². The number of carbonyl (C=O) groups is 1. The van der Waals surface area contributed by atoms with E-state index in [1.165, 1.54) is 0 Å². The van der Waals surface area contributed by atoms with Gasteiger partial charge in [-0.3, -0.25) is 4.79 Å². The van der Waals surface area contributed by atoms with Crippen LogP contribution in [0.2, 0.25) is 10.0 Å². The van der Waals surface area contributed by atoms with E-state index >= 15 is 0 Å². The van der Waals surface area contributed by atoms with Crippen molar-refractivity contribution in [3.05, 3.63) is 70.2 Å². The Labute approximate surface area is 150 Å². The molecular weight excluding hydrogens is 345 g/mol. The van der Waals surface area contributed by atoms with Crippen LogP contribution in [0.25, 0.3) is 5.52 Å². The summed E-state index contributed by atoms with van der Waals surface area (Å²) in [7, 11) is 0. The van der Waals surface area contributed by atoms with Gasteiger partial charge in [0.25, 0.3) is 0 Å². The Morgan fingerprint density at radius 2 is 2.00 bits per heavy atom. The van der Waals surface area contributed by atoms with Crippen molar-refractivity contribution >= 4 is 34.6 Å². The topological polar surface area (TPSA) is 46.4 Å². The fraction of sp³-hybridized carbons (Fsp3) is 0.222. The van der Waals surface area contributed by atoms with Crippen molar-refractivity contribution in [3.8, 4) is 0 Å². The van der Waals surface area contributed by atoms with Crippen LogP contribution in [-0.4, -0.2) is 21.8 Å². The summed E-state index contributed by atoms with van der Waals surface area (Å²) in [4.78, 5) is 16.4. The third kappa shape index (κ3) is 4.08. The second-order valence-electron chi connectivity index (χ2n) is 5.52. The summed E-state index contributed by atoms with van der Waals surface area (Å²) >= 11 is 11.9. The molecule has 3 rings (SSSR count). The van der Waals surface area contributed by atoms with E-state index in [1.807, 2.05) is 41.1 Å². The van der Waals surface area contributed by atoms with E-state index in [0.717, 1.165) is 16.9 Å². The molecule has 3 aromatic rings. The van der Waals surface area contributed by atoms with Crippen LogP contribution in [-0.2, 0) is 17.6 Å². The van der Waals surface area contributed by atoms with E-state index in [9.17, 15) is 4.79 Å². The van der Waals surface area contributed by atoms with Crippen LogP contribution in [0.1, 0.15) is 17.8 Å². The maximum Gasteiger partial charge on any atom is 0.220 e. The summed E-state index contributed by atoms with van der Waals surface area (Å²) < 4.78 is 2.03. The summed E-state index contributed by atoms with van der Waals surface area (Å²) in [5.74, 6) is 0.956. The molecule has 0 atom stereocenters. The first-order valence-electron chi connectivity index (χ1n) is 7.75. The van der Waals surface area contributed by atoms with Gasteiger partial charge in [-0.05, 0) is 36.2 Å². The van der Waals surface area contributed by atoms with Gasteiger partial charge >= 0.3 is 0 Å². The number of rotatable bonds is 6. The Morgan fingerprint density at radius 3 is 2.83 bits per heavy atom. The van der Waals surface area contributed by atoms with E-state index in [2.05, 4.69) is 10.3 Å². The summed E-state index contributed by atoms with van der Waals surface area (Å²) in [5.41, 5.74) is 2.05. The molecule has 0 spiro atoms. The number of benzene rings is 1. The molecule has 2 heterocycles. The normalized spacial score (nSPS) is 10.9. The van der Waals surface area contributed by atoms with Crippen molar-refractivity contribution in [2.75, 3.05) is 6.54 Å². The molecule has 0 radical (unpaired) electrons. The molecular formula is C18H17Cl2N3O. The number of halogens is 2. The molecule has 1 N–H and O–H groups in total. The second kappa shape index (κ2) is 7.69. The van der Waals surface area contributed by atoms with Crippen molar-refractivity contribution in [2.24, 2.45) is 0 Å². The molecule has 124 valence electrons. The maximum atomic E-state index is 12.0. The van der Waals surface area contributed by atoms with Crippen LogP contribution in [0.4, 0.5) is 0 Å². The summed E-state index contributed by atoms with van der Waals surface area (Å²) in [6.45, 7) is 0.564. The average molecular weight is 362 g/mol. The van der Waals surface area contributed by atoms with E-state index < -0.39 is 0 Å². The minimum Gasteiger partial charge on any atom is -0.356 e. The number of hydrogen-bond donors (Lipinski definition) is 1. The zero-order valence-corrected chi connectivity index (χ0v) is 14.5. The Balaban J connectivity index is 1.46. The molecule has 0 bridgehead atoms. The summed E-state index contributed by atoms with van der Waals surface area (Å²) in [6, 6.07) is 11.4. The zero-order chi connectivity index (χ0) is 16.9. The molecule has 24 heavy (non-hydrogen) atoms. The van der Waals surface area contributed by atoms with Gasteiger partial charge in [-0.15, -0.1) is 0 Å². The molecule has 0 fully saturated rings. The monoisotopic (exact) mass is 361 g/mol. The van der Waals surface area contributed by atoms with Crippen molar-refractivity contribution in [3.63, 3.8) is 0 Å². The quantitative estimate of drug-likeness (QED) is 0.722. The van der Waals surface area contributed by atoms with Crippen molar-refractivity contribution in [2.45, 2.75) is 19.3 Å². The molecule has 0 aliphatic heterocycles. The van der Waals surface area contributed by atoms with Crippen LogP contribution in [0.3, 0.4) is 0 Å². The number of fused-ring (bicyclic) bond motifs is 1. The number of imidazole rings is 1. The Kier molecular flexibility index (Phi) is 5.38. The Bertz CT molecular complexity index is 860. The lowest BCUT2D eigenvalue weighted by atomic mass is 10.1. The van der Waals surface area contributed by atoms with E-state index in [1.54, 1.807) is 12.1 Å². The van der Waals surface area contributed by atoms with Crippen LogP contribution >= 0.6 is 23.2 Å². The molecule has 0 saturated carbocycles. The van der Waals surface area contributed by atoms with Crippen LogP contribution in [0.5, 0.6) is 0 Å². The SMILES string of the molecule is O=C(CCc1ccc(Cl)c(Cl)c1)NCCc1ncc2ccccn12. The number of nitrogens with zero attached hydrogens (tertiary/aromatic N) is 2. The van der Waals surface area contributed by atoms with Crippen molar-refractivity contribution < 1.29 is 4.79 Å². The number of pyridine rings is 1. The molecule has 0 saturated heterocycles. The number of aryl methyl sites for hydroxylation is 1. The van der Waals surface area contributed by atoms with Gasteiger partial charge in [0.05, 0.1) is 21.8 Å². The number of carbonyl (C=O) groups excluding carboxylic acids is 1. The minimum atomic E-state index is 0.0157. The van der Waals surface area contributed by atoms with Gasteiger partial charge in [0.2, 0.25) is 5.91 Å². The predicted molar refractivity (Wildman–Crippen MR) is 96.7 cm³/mol. The van der Waals surface area contributed by atoms with Gasteiger partial charge in [-0.1, -0.05) is 35.3 Å². The average Bonchev–Trinajstić information content (AvgIpc) is 2.99. The fourth-order valence-corrected chi connectivity index (χ4v) is 2.86. The van der Waals surface area contributed by atoms with Crippen LogP contribution in [0.15, 0.2) is 48.8 Å². The molecule has 0 aliphatic rings. The first-order chi connectivity index (χ1) is 11.6. The fourth-order valence-electron chi connectivity index (χ4n) is 2.54. The third-order valence-electron chi connectivity index (χ3n) is 3.81. The number of hydrogen-bond acceptors (Lipinski definition) is 2. The molecule has 0 unspecified atom stereocenters. The smallest absolute Gasteiger partial charge is 0.220 e. The second-order valence-corrected chi connectivity index (χ2v) is 6.33. The Hall–Kier alpha value is -2.04. The Morgan fingerprint density at radius 1 is 1.12 bits per heavy atom. The summed E-state index contributed by atoms with van der Waals surface area (Å²) in [5, 5.41) is 3.97. The van der Waals surface area contributed by atoms with Crippen molar-refractivity contribution in [1.29, 1.82) is 0 Å². The molecule has 1 amide bonds. The van der Waals surface area contributed by atoms with E-state index in [0.29, 0.717) is 35.9 Å². The molecule has 1 aromatic carbocycles. The molecule has 6 heteroatoms. The van der Waals surface area contributed by atoms with Gasteiger partial charge in [0.1, 0.15) is 5.82 Å². The highest BCUT2D eigenvalue weighted by Gasteiger charge is 2.06. The standard InChI is InChI=1S/C18H17Cl2N3O/c19-15-6-4-13(11-16(15)20)5-7-18(24)21-9-8-17-22-12-14-3-1-2-10-23(14)17/h1-4,6,10-12H,5,7-9H2,(H,21,24). The highest BCUT2D eigenvalue weighted by molar-refractivity contribution is 6.42. The lowest BCUT2D eigenvalue weighted by molar-refractivity contribution is -0.121. The van der Waals surface area contributed by atoms with Gasteiger partial charge in [0.15, 0.2) is 0 Å². The van der Waals surface area contributed by atoms with Gasteiger partial charge < -0.3 is 9.72 Å². The van der Waals surface area contributed by atoms with Gasteiger partial charge in [-0.2, -0.15) is 0 Å². The highest BCUT2D eigenvalue weighted by Crippen LogP contribution is 2.23. The first kappa shape index (κ1) is 16.8. The lowest BCUT2D eigenvalue weighted by Gasteiger charge is -2.06. The summed E-state index contributed by atoms with van der Waals surface area (Å²) in [6.07, 6.45) is 5.55.